The highest BCUT2D eigenvalue weighted by molar-refractivity contribution is 5.87. The highest BCUT2D eigenvalue weighted by Gasteiger charge is 2.28. The van der Waals surface area contributed by atoms with E-state index in [-0.39, 0.29) is 17.4 Å². The van der Waals surface area contributed by atoms with E-state index in [0.717, 1.165) is 5.56 Å². The summed E-state index contributed by atoms with van der Waals surface area (Å²) in [5, 5.41) is 13.1. The second-order valence-corrected chi connectivity index (χ2v) is 6.37. The number of benzene rings is 1. The summed E-state index contributed by atoms with van der Waals surface area (Å²) >= 11 is 0. The molecule has 2 heterocycles. The fourth-order valence-electron chi connectivity index (χ4n) is 3.18. The molecule has 26 heavy (non-hydrogen) atoms. The lowest BCUT2D eigenvalue weighted by atomic mass is 10.2. The first-order valence-corrected chi connectivity index (χ1v) is 8.48. The normalized spacial score (nSPS) is 16.5. The first-order chi connectivity index (χ1) is 12.5. The van der Waals surface area contributed by atoms with Gasteiger partial charge in [-0.05, 0) is 30.7 Å². The zero-order chi connectivity index (χ0) is 18.7. The molecule has 0 aliphatic carbocycles. The van der Waals surface area contributed by atoms with Crippen molar-refractivity contribution < 1.29 is 19.1 Å². The third kappa shape index (κ3) is 3.91. The Balaban J connectivity index is 1.58. The molecule has 1 saturated heterocycles. The summed E-state index contributed by atoms with van der Waals surface area (Å²) in [5.41, 5.74) is 0.899. The van der Waals surface area contributed by atoms with Crippen molar-refractivity contribution in [2.45, 2.75) is 19.5 Å². The lowest BCUT2D eigenvalue weighted by Crippen LogP contribution is -2.50. The number of rotatable bonds is 5. The molecule has 0 radical (unpaired) electrons. The Morgan fingerprint density at radius 1 is 1.23 bits per heavy atom. The molecule has 138 valence electrons. The molecule has 0 saturated carbocycles. The number of hydrogen-bond acceptors (Lipinski definition) is 4. The minimum absolute atomic E-state index is 0.00408. The summed E-state index contributed by atoms with van der Waals surface area (Å²) in [5.74, 6) is -1.51. The van der Waals surface area contributed by atoms with Crippen molar-refractivity contribution in [3.63, 3.8) is 0 Å². The average molecular weight is 360 g/mol. The van der Waals surface area contributed by atoms with Crippen molar-refractivity contribution in [1.82, 2.24) is 19.6 Å². The SMILES string of the molecule is CC(C(=O)N1CCN(Cc2cccc(F)c2)CC1)n1nccc1C(=O)O. The van der Waals surface area contributed by atoms with Crippen LogP contribution >= 0.6 is 0 Å². The molecule has 3 rings (SSSR count). The average Bonchev–Trinajstić information content (AvgIpc) is 3.11. The fourth-order valence-corrected chi connectivity index (χ4v) is 3.18. The van der Waals surface area contributed by atoms with Crippen LogP contribution in [0.2, 0.25) is 0 Å². The number of carboxylic acids is 1. The van der Waals surface area contributed by atoms with Gasteiger partial charge in [-0.15, -0.1) is 0 Å². The summed E-state index contributed by atoms with van der Waals surface area (Å²) in [7, 11) is 0. The lowest BCUT2D eigenvalue weighted by molar-refractivity contribution is -0.136. The molecular formula is C18H21FN4O3. The smallest absolute Gasteiger partial charge is 0.354 e. The second-order valence-electron chi connectivity index (χ2n) is 6.37. The van der Waals surface area contributed by atoms with Crippen molar-refractivity contribution in [1.29, 1.82) is 0 Å². The molecule has 1 aromatic heterocycles. The van der Waals surface area contributed by atoms with E-state index >= 15 is 0 Å². The number of aromatic carboxylic acids is 1. The van der Waals surface area contributed by atoms with Gasteiger partial charge < -0.3 is 10.0 Å². The predicted octanol–water partition coefficient (Wildman–Crippen LogP) is 1.63. The second kappa shape index (κ2) is 7.65. The van der Waals surface area contributed by atoms with Gasteiger partial charge >= 0.3 is 5.97 Å². The van der Waals surface area contributed by atoms with E-state index < -0.39 is 12.0 Å². The van der Waals surface area contributed by atoms with Crippen LogP contribution in [0.4, 0.5) is 4.39 Å². The summed E-state index contributed by atoms with van der Waals surface area (Å²) in [6, 6.07) is 7.21. The molecule has 1 atom stereocenters. The van der Waals surface area contributed by atoms with Crippen LogP contribution in [0.25, 0.3) is 0 Å². The monoisotopic (exact) mass is 360 g/mol. The lowest BCUT2D eigenvalue weighted by Gasteiger charge is -2.36. The van der Waals surface area contributed by atoms with Crippen molar-refractivity contribution in [3.8, 4) is 0 Å². The van der Waals surface area contributed by atoms with Crippen LogP contribution in [0, 0.1) is 5.82 Å². The van der Waals surface area contributed by atoms with Gasteiger partial charge in [-0.3, -0.25) is 9.69 Å². The number of amides is 1. The van der Waals surface area contributed by atoms with Gasteiger partial charge in [0.05, 0.1) is 0 Å². The number of carbonyl (C=O) groups excluding carboxylic acids is 1. The minimum Gasteiger partial charge on any atom is -0.477 e. The maximum Gasteiger partial charge on any atom is 0.354 e. The molecule has 1 unspecified atom stereocenters. The fraction of sp³-hybridized carbons (Fsp3) is 0.389. The summed E-state index contributed by atoms with van der Waals surface area (Å²) < 4.78 is 14.5. The molecule has 8 heteroatoms. The van der Waals surface area contributed by atoms with E-state index in [1.165, 1.54) is 29.1 Å². The zero-order valence-corrected chi connectivity index (χ0v) is 14.5. The molecule has 1 fully saturated rings. The molecular weight excluding hydrogens is 339 g/mol. The van der Waals surface area contributed by atoms with Crippen LogP contribution in [0.15, 0.2) is 36.5 Å². The van der Waals surface area contributed by atoms with Crippen molar-refractivity contribution >= 4 is 11.9 Å². The Morgan fingerprint density at radius 2 is 1.96 bits per heavy atom. The molecule has 7 nitrogen and oxygen atoms in total. The van der Waals surface area contributed by atoms with Crippen molar-refractivity contribution in [2.75, 3.05) is 26.2 Å². The standard InChI is InChI=1S/C18H21FN4O3/c1-13(23-16(18(25)26)5-6-20-23)17(24)22-9-7-21(8-10-22)12-14-3-2-4-15(19)11-14/h2-6,11,13H,7-10,12H2,1H3,(H,25,26). The number of piperazine rings is 1. The summed E-state index contributed by atoms with van der Waals surface area (Å²) in [4.78, 5) is 27.8. The highest BCUT2D eigenvalue weighted by atomic mass is 19.1. The first kappa shape index (κ1) is 18.1. The van der Waals surface area contributed by atoms with E-state index in [4.69, 9.17) is 0 Å². The predicted molar refractivity (Wildman–Crippen MR) is 92.2 cm³/mol. The number of hydrogen-bond donors (Lipinski definition) is 1. The van der Waals surface area contributed by atoms with Gasteiger partial charge in [0.2, 0.25) is 5.91 Å². The third-order valence-electron chi connectivity index (χ3n) is 4.59. The minimum atomic E-state index is -1.11. The van der Waals surface area contributed by atoms with Gasteiger partial charge in [0.1, 0.15) is 17.6 Å². The van der Waals surface area contributed by atoms with Gasteiger partial charge in [0, 0.05) is 38.9 Å². The number of carboxylic acid groups (broad SMARTS) is 1. The highest BCUT2D eigenvalue weighted by Crippen LogP contribution is 2.16. The van der Waals surface area contributed by atoms with Gasteiger partial charge in [-0.2, -0.15) is 5.10 Å². The Morgan fingerprint density at radius 3 is 2.62 bits per heavy atom. The van der Waals surface area contributed by atoms with E-state index in [0.29, 0.717) is 32.7 Å². The molecule has 1 aliphatic rings. The Labute approximate surface area is 150 Å². The molecule has 1 amide bonds. The topological polar surface area (TPSA) is 78.7 Å². The Hall–Kier alpha value is -2.74. The van der Waals surface area contributed by atoms with Crippen LogP contribution in [-0.2, 0) is 11.3 Å². The maximum absolute atomic E-state index is 13.3. The van der Waals surface area contributed by atoms with E-state index in [1.807, 2.05) is 6.07 Å². The van der Waals surface area contributed by atoms with E-state index in [1.54, 1.807) is 17.9 Å². The number of carbonyl (C=O) groups is 2. The zero-order valence-electron chi connectivity index (χ0n) is 14.5. The van der Waals surface area contributed by atoms with Crippen molar-refractivity contribution in [2.24, 2.45) is 0 Å². The van der Waals surface area contributed by atoms with Crippen LogP contribution in [-0.4, -0.2) is 62.7 Å². The molecule has 2 aromatic rings. The van der Waals surface area contributed by atoms with Gasteiger partial charge in [0.15, 0.2) is 0 Å². The first-order valence-electron chi connectivity index (χ1n) is 8.48. The third-order valence-corrected chi connectivity index (χ3v) is 4.59. The Kier molecular flexibility index (Phi) is 5.32. The Bertz CT molecular complexity index is 799. The van der Waals surface area contributed by atoms with Gasteiger partial charge in [0.25, 0.3) is 0 Å². The van der Waals surface area contributed by atoms with E-state index in [2.05, 4.69) is 10.00 Å². The maximum atomic E-state index is 13.3. The quantitative estimate of drug-likeness (QED) is 0.877. The van der Waals surface area contributed by atoms with Crippen LogP contribution in [0.1, 0.15) is 29.0 Å². The van der Waals surface area contributed by atoms with Gasteiger partial charge in [-0.25, -0.2) is 13.9 Å². The van der Waals surface area contributed by atoms with Gasteiger partial charge in [-0.1, -0.05) is 12.1 Å². The summed E-state index contributed by atoms with van der Waals surface area (Å²) in [6.07, 6.45) is 1.38. The molecule has 1 aliphatic heterocycles. The van der Waals surface area contributed by atoms with Crippen LogP contribution < -0.4 is 0 Å². The molecule has 0 bridgehead atoms. The largest absolute Gasteiger partial charge is 0.477 e. The number of aromatic nitrogens is 2. The molecule has 0 spiro atoms. The van der Waals surface area contributed by atoms with E-state index in [9.17, 15) is 19.1 Å². The molecule has 1 aromatic carbocycles. The van der Waals surface area contributed by atoms with Crippen LogP contribution in [0.3, 0.4) is 0 Å². The van der Waals surface area contributed by atoms with Crippen molar-refractivity contribution in [3.05, 3.63) is 53.6 Å². The van der Waals surface area contributed by atoms with Crippen LogP contribution in [0.5, 0.6) is 0 Å². The molecule has 1 N–H and O–H groups in total. The number of halogens is 1. The summed E-state index contributed by atoms with van der Waals surface area (Å²) in [6.45, 7) is 4.74. The number of nitrogens with zero attached hydrogens (tertiary/aromatic N) is 4.